The van der Waals surface area contributed by atoms with E-state index in [4.69, 9.17) is 10.5 Å². The highest BCUT2D eigenvalue weighted by molar-refractivity contribution is 7.22. The topological polar surface area (TPSA) is 94.3 Å². The SMILES string of the molecule is Cc1ccc2nc(NC(=O)COC(=O)c3cc4ccccc4cc3N)sc2c1. The largest absolute Gasteiger partial charge is 0.452 e. The molecule has 0 saturated heterocycles. The van der Waals surface area contributed by atoms with Crippen LogP contribution in [0.5, 0.6) is 0 Å². The number of carbonyl (C=O) groups is 2. The maximum Gasteiger partial charge on any atom is 0.340 e. The molecule has 1 amide bonds. The summed E-state index contributed by atoms with van der Waals surface area (Å²) < 4.78 is 6.11. The standard InChI is InChI=1S/C21H17N3O3S/c1-12-6-7-17-18(8-12)28-21(23-17)24-19(25)11-27-20(26)15-9-13-4-2-3-5-14(13)10-16(15)22/h2-10H,11,22H2,1H3,(H,23,24,25). The van der Waals surface area contributed by atoms with Crippen LogP contribution in [0.1, 0.15) is 15.9 Å². The van der Waals surface area contributed by atoms with Crippen LogP contribution in [-0.4, -0.2) is 23.5 Å². The lowest BCUT2D eigenvalue weighted by molar-refractivity contribution is -0.119. The number of esters is 1. The van der Waals surface area contributed by atoms with Gasteiger partial charge in [0.25, 0.3) is 5.91 Å². The number of benzene rings is 3. The molecule has 6 nitrogen and oxygen atoms in total. The van der Waals surface area contributed by atoms with E-state index in [1.54, 1.807) is 12.1 Å². The number of nitrogen functional groups attached to an aromatic ring is 1. The molecule has 4 aromatic rings. The molecule has 3 N–H and O–H groups in total. The molecule has 140 valence electrons. The maximum atomic E-state index is 12.3. The van der Waals surface area contributed by atoms with Gasteiger partial charge < -0.3 is 10.5 Å². The second-order valence-electron chi connectivity index (χ2n) is 6.40. The fourth-order valence-electron chi connectivity index (χ4n) is 2.88. The number of thiazole rings is 1. The number of carbonyl (C=O) groups excluding carboxylic acids is 2. The molecule has 0 radical (unpaired) electrons. The zero-order valence-corrected chi connectivity index (χ0v) is 15.9. The van der Waals surface area contributed by atoms with Gasteiger partial charge >= 0.3 is 5.97 Å². The van der Waals surface area contributed by atoms with Gasteiger partial charge in [-0.3, -0.25) is 10.1 Å². The summed E-state index contributed by atoms with van der Waals surface area (Å²) in [5.74, 6) is -1.10. The first kappa shape index (κ1) is 17.9. The normalized spacial score (nSPS) is 10.9. The minimum absolute atomic E-state index is 0.238. The Labute approximate surface area is 164 Å². The fraction of sp³-hybridized carbons (Fsp3) is 0.0952. The van der Waals surface area contributed by atoms with E-state index >= 15 is 0 Å². The van der Waals surface area contributed by atoms with Crippen LogP contribution in [-0.2, 0) is 9.53 Å². The Hall–Kier alpha value is -3.45. The summed E-state index contributed by atoms with van der Waals surface area (Å²) in [5.41, 5.74) is 8.44. The molecule has 0 spiro atoms. The van der Waals surface area contributed by atoms with Crippen LogP contribution in [0.25, 0.3) is 21.0 Å². The summed E-state index contributed by atoms with van der Waals surface area (Å²) in [6.07, 6.45) is 0. The summed E-state index contributed by atoms with van der Waals surface area (Å²) in [4.78, 5) is 28.8. The van der Waals surface area contributed by atoms with Gasteiger partial charge in [0.15, 0.2) is 11.7 Å². The van der Waals surface area contributed by atoms with Crippen LogP contribution in [0.15, 0.2) is 54.6 Å². The Kier molecular flexibility index (Phi) is 4.67. The first-order valence-corrected chi connectivity index (χ1v) is 9.44. The number of aromatic nitrogens is 1. The molecule has 0 fully saturated rings. The molecule has 7 heteroatoms. The Bertz CT molecular complexity index is 1220. The van der Waals surface area contributed by atoms with E-state index in [-0.39, 0.29) is 5.56 Å². The number of hydrogen-bond acceptors (Lipinski definition) is 6. The molecule has 0 atom stereocenters. The number of ether oxygens (including phenoxy) is 1. The van der Waals surface area contributed by atoms with Gasteiger partial charge in [-0.15, -0.1) is 0 Å². The van der Waals surface area contributed by atoms with E-state index in [9.17, 15) is 9.59 Å². The second-order valence-corrected chi connectivity index (χ2v) is 7.43. The minimum Gasteiger partial charge on any atom is -0.452 e. The Morgan fingerprint density at radius 2 is 1.86 bits per heavy atom. The fourth-order valence-corrected chi connectivity index (χ4v) is 3.86. The zero-order chi connectivity index (χ0) is 19.7. The van der Waals surface area contributed by atoms with Crippen molar-refractivity contribution in [3.05, 3.63) is 65.7 Å². The Morgan fingerprint density at radius 3 is 2.64 bits per heavy atom. The van der Waals surface area contributed by atoms with Crippen molar-refractivity contribution in [2.75, 3.05) is 17.7 Å². The average Bonchev–Trinajstić information content (AvgIpc) is 3.06. The molecule has 28 heavy (non-hydrogen) atoms. The van der Waals surface area contributed by atoms with Crippen LogP contribution < -0.4 is 11.1 Å². The first-order valence-electron chi connectivity index (χ1n) is 8.62. The lowest BCUT2D eigenvalue weighted by Crippen LogP contribution is -2.21. The summed E-state index contributed by atoms with van der Waals surface area (Å²) in [5, 5.41) is 4.93. The maximum absolute atomic E-state index is 12.3. The lowest BCUT2D eigenvalue weighted by atomic mass is 10.1. The predicted octanol–water partition coefficient (Wildman–Crippen LogP) is 4.14. The molecule has 4 rings (SSSR count). The van der Waals surface area contributed by atoms with Gasteiger partial charge in [0.05, 0.1) is 15.8 Å². The number of nitrogens with two attached hydrogens (primary N) is 1. The van der Waals surface area contributed by atoms with Gasteiger partial charge in [0, 0.05) is 5.69 Å². The van der Waals surface area contributed by atoms with E-state index in [1.807, 2.05) is 49.4 Å². The monoisotopic (exact) mass is 391 g/mol. The molecular weight excluding hydrogens is 374 g/mol. The summed E-state index contributed by atoms with van der Waals surface area (Å²) in [6, 6.07) is 16.8. The van der Waals surface area contributed by atoms with Crippen molar-refractivity contribution in [3.8, 4) is 0 Å². The van der Waals surface area contributed by atoms with Gasteiger partial charge in [-0.2, -0.15) is 0 Å². The van der Waals surface area contributed by atoms with Gasteiger partial charge in [0.1, 0.15) is 0 Å². The van der Waals surface area contributed by atoms with Gasteiger partial charge in [0.2, 0.25) is 0 Å². The van der Waals surface area contributed by atoms with Gasteiger partial charge in [-0.1, -0.05) is 41.7 Å². The molecule has 1 aromatic heterocycles. The van der Waals surface area contributed by atoms with E-state index in [0.717, 1.165) is 26.6 Å². The van der Waals surface area contributed by atoms with Crippen molar-refractivity contribution in [2.24, 2.45) is 0 Å². The molecule has 0 aliphatic rings. The van der Waals surface area contributed by atoms with E-state index in [0.29, 0.717) is 10.8 Å². The molecule has 0 aliphatic carbocycles. The number of hydrogen-bond donors (Lipinski definition) is 2. The molecule has 0 aliphatic heterocycles. The third-order valence-corrected chi connectivity index (χ3v) is 5.20. The van der Waals surface area contributed by atoms with Crippen molar-refractivity contribution < 1.29 is 14.3 Å². The van der Waals surface area contributed by atoms with Crippen LogP contribution >= 0.6 is 11.3 Å². The summed E-state index contributed by atoms with van der Waals surface area (Å²) >= 11 is 1.37. The summed E-state index contributed by atoms with van der Waals surface area (Å²) in [7, 11) is 0. The van der Waals surface area contributed by atoms with Gasteiger partial charge in [-0.05, 0) is 47.5 Å². The lowest BCUT2D eigenvalue weighted by Gasteiger charge is -2.08. The quantitative estimate of drug-likeness (QED) is 0.403. The number of aryl methyl sites for hydroxylation is 1. The highest BCUT2D eigenvalue weighted by atomic mass is 32.1. The first-order chi connectivity index (χ1) is 13.5. The predicted molar refractivity (Wildman–Crippen MR) is 112 cm³/mol. The van der Waals surface area contributed by atoms with Gasteiger partial charge in [-0.25, -0.2) is 9.78 Å². The number of nitrogens with zero attached hydrogens (tertiary/aromatic N) is 1. The average molecular weight is 391 g/mol. The molecule has 0 saturated carbocycles. The van der Waals surface area contributed by atoms with Crippen LogP contribution in [0.3, 0.4) is 0 Å². The van der Waals surface area contributed by atoms with E-state index in [2.05, 4.69) is 10.3 Å². The molecular formula is C21H17N3O3S. The number of amides is 1. The highest BCUT2D eigenvalue weighted by Crippen LogP contribution is 2.26. The Balaban J connectivity index is 1.42. The molecule has 0 bridgehead atoms. The van der Waals surface area contributed by atoms with Crippen molar-refractivity contribution in [1.82, 2.24) is 4.98 Å². The summed E-state index contributed by atoms with van der Waals surface area (Å²) in [6.45, 7) is 1.58. The number of rotatable bonds is 4. The van der Waals surface area contributed by atoms with Crippen molar-refractivity contribution in [2.45, 2.75) is 6.92 Å². The second kappa shape index (κ2) is 7.28. The Morgan fingerprint density at radius 1 is 1.11 bits per heavy atom. The molecule has 0 unspecified atom stereocenters. The van der Waals surface area contributed by atoms with E-state index < -0.39 is 18.5 Å². The number of fused-ring (bicyclic) bond motifs is 2. The van der Waals surface area contributed by atoms with Crippen LogP contribution in [0.4, 0.5) is 10.8 Å². The molecule has 1 heterocycles. The van der Waals surface area contributed by atoms with Crippen molar-refractivity contribution >= 4 is 55.0 Å². The molecule has 3 aromatic carbocycles. The van der Waals surface area contributed by atoms with Crippen molar-refractivity contribution in [3.63, 3.8) is 0 Å². The third-order valence-electron chi connectivity index (χ3n) is 4.26. The van der Waals surface area contributed by atoms with Crippen LogP contribution in [0.2, 0.25) is 0 Å². The van der Waals surface area contributed by atoms with Crippen LogP contribution in [0, 0.1) is 6.92 Å². The van der Waals surface area contributed by atoms with E-state index in [1.165, 1.54) is 11.3 Å². The van der Waals surface area contributed by atoms with Crippen molar-refractivity contribution in [1.29, 1.82) is 0 Å². The zero-order valence-electron chi connectivity index (χ0n) is 15.1. The third kappa shape index (κ3) is 3.65. The highest BCUT2D eigenvalue weighted by Gasteiger charge is 2.15. The minimum atomic E-state index is -0.640. The number of nitrogens with one attached hydrogen (secondary N) is 1. The number of anilines is 2. The smallest absolute Gasteiger partial charge is 0.340 e.